The van der Waals surface area contributed by atoms with Crippen molar-refractivity contribution in [2.45, 2.75) is 32.5 Å². The van der Waals surface area contributed by atoms with Gasteiger partial charge in [0, 0.05) is 72.0 Å². The summed E-state index contributed by atoms with van der Waals surface area (Å²) in [5.41, 5.74) is -0.612. The Hall–Kier alpha value is -2.64. The Morgan fingerprint density at radius 2 is 1.61 bits per heavy atom. The van der Waals surface area contributed by atoms with E-state index < -0.39 is 11.7 Å². The van der Waals surface area contributed by atoms with Crippen LogP contribution in [0.5, 0.6) is 0 Å². The Balaban J connectivity index is 1.31. The average molecular weight is 512 g/mol. The highest BCUT2D eigenvalue weighted by molar-refractivity contribution is 5.92. The van der Waals surface area contributed by atoms with Crippen molar-refractivity contribution in [3.8, 4) is 0 Å². The molecule has 0 aliphatic carbocycles. The quantitative estimate of drug-likeness (QED) is 0.203. The van der Waals surface area contributed by atoms with E-state index in [0.29, 0.717) is 39.3 Å². The van der Waals surface area contributed by atoms with Crippen molar-refractivity contribution in [1.29, 1.82) is 5.41 Å². The third kappa shape index (κ3) is 8.79. The first-order valence-electron chi connectivity index (χ1n) is 12.6. The number of ether oxygens (including phenoxy) is 3. The minimum Gasteiger partial charge on any atom is -0.468 e. The fraction of sp³-hybridized carbons (Fsp3) is 0.826. The summed E-state index contributed by atoms with van der Waals surface area (Å²) in [7, 11) is 1.40. The highest BCUT2D eigenvalue weighted by Crippen LogP contribution is 2.14. The number of guanidine groups is 1. The predicted molar refractivity (Wildman–Crippen MR) is 132 cm³/mol. The van der Waals surface area contributed by atoms with Crippen LogP contribution in [0.25, 0.3) is 0 Å². The van der Waals surface area contributed by atoms with Crippen LogP contribution in [0.3, 0.4) is 0 Å². The Kier molecular flexibility index (Phi) is 9.74. The van der Waals surface area contributed by atoms with E-state index in [4.69, 9.17) is 19.6 Å². The van der Waals surface area contributed by atoms with Crippen LogP contribution in [0, 0.1) is 5.41 Å². The number of carbonyl (C=O) groups is 3. The maximum atomic E-state index is 12.4. The first kappa shape index (κ1) is 27.9. The standard InChI is InChI=1S/C23H41N7O6/c1-23(2,3)36-21(32)25-20(24)29-12-9-26(10-13-29)11-14-30-16-18(35-22(30)33)15-27-5-7-28(8-6-27)17-19(31)34-4/h18H,5-17H2,1-4H3,(H2,24,25,32). The number of piperazine rings is 2. The molecule has 1 unspecified atom stereocenters. The van der Waals surface area contributed by atoms with Gasteiger partial charge in [0.25, 0.3) is 0 Å². The van der Waals surface area contributed by atoms with Crippen molar-refractivity contribution in [1.82, 2.24) is 29.8 Å². The van der Waals surface area contributed by atoms with E-state index in [1.165, 1.54) is 7.11 Å². The van der Waals surface area contributed by atoms with Crippen LogP contribution < -0.4 is 5.32 Å². The van der Waals surface area contributed by atoms with Gasteiger partial charge in [0.2, 0.25) is 5.96 Å². The summed E-state index contributed by atoms with van der Waals surface area (Å²) in [6, 6.07) is 0. The number of amides is 2. The lowest BCUT2D eigenvalue weighted by molar-refractivity contribution is -0.142. The summed E-state index contributed by atoms with van der Waals surface area (Å²) in [4.78, 5) is 45.9. The largest absolute Gasteiger partial charge is 0.468 e. The Morgan fingerprint density at radius 1 is 1.00 bits per heavy atom. The molecule has 3 aliphatic heterocycles. The van der Waals surface area contributed by atoms with Gasteiger partial charge >= 0.3 is 18.2 Å². The minimum atomic E-state index is -0.625. The maximum absolute atomic E-state index is 12.4. The molecule has 3 aliphatic rings. The number of methoxy groups -OCH3 is 1. The lowest BCUT2D eigenvalue weighted by atomic mass is 10.2. The molecule has 13 heteroatoms. The van der Waals surface area contributed by atoms with Crippen molar-refractivity contribution in [2.24, 2.45) is 0 Å². The van der Waals surface area contributed by atoms with Crippen LogP contribution in [-0.2, 0) is 19.0 Å². The van der Waals surface area contributed by atoms with Gasteiger partial charge in [-0.3, -0.25) is 30.2 Å². The Bertz CT molecular complexity index is 788. The molecule has 0 aromatic carbocycles. The number of nitrogens with zero attached hydrogens (tertiary/aromatic N) is 5. The smallest absolute Gasteiger partial charge is 0.414 e. The number of nitrogens with one attached hydrogen (secondary N) is 2. The second-order valence-electron chi connectivity index (χ2n) is 10.4. The van der Waals surface area contributed by atoms with E-state index in [0.717, 1.165) is 45.8 Å². The van der Waals surface area contributed by atoms with Crippen LogP contribution in [0.4, 0.5) is 9.59 Å². The van der Waals surface area contributed by atoms with Crippen molar-refractivity contribution in [2.75, 3.05) is 92.2 Å². The van der Waals surface area contributed by atoms with Gasteiger partial charge in [-0.05, 0) is 20.8 Å². The molecule has 204 valence electrons. The van der Waals surface area contributed by atoms with Crippen LogP contribution in [-0.4, -0.2) is 153 Å². The molecule has 3 heterocycles. The molecule has 3 saturated heterocycles. The highest BCUT2D eigenvalue weighted by Gasteiger charge is 2.33. The molecule has 0 radical (unpaired) electrons. The van der Waals surface area contributed by atoms with E-state index in [1.54, 1.807) is 25.7 Å². The lowest BCUT2D eigenvalue weighted by Crippen LogP contribution is -2.54. The topological polar surface area (TPSA) is 131 Å². The van der Waals surface area contributed by atoms with Gasteiger partial charge in [0.05, 0.1) is 20.2 Å². The summed E-state index contributed by atoms with van der Waals surface area (Å²) >= 11 is 0. The average Bonchev–Trinajstić information content (AvgIpc) is 3.16. The van der Waals surface area contributed by atoms with E-state index in [1.807, 2.05) is 4.90 Å². The van der Waals surface area contributed by atoms with Crippen molar-refractivity contribution >= 4 is 24.1 Å². The number of rotatable bonds is 7. The molecular formula is C23H41N7O6. The Labute approximate surface area is 213 Å². The molecule has 36 heavy (non-hydrogen) atoms. The van der Waals surface area contributed by atoms with Crippen LogP contribution in [0.2, 0.25) is 0 Å². The highest BCUT2D eigenvalue weighted by atomic mass is 16.6. The van der Waals surface area contributed by atoms with Gasteiger partial charge in [0.1, 0.15) is 11.7 Å². The van der Waals surface area contributed by atoms with Crippen molar-refractivity contribution in [3.05, 3.63) is 0 Å². The summed E-state index contributed by atoms with van der Waals surface area (Å²) in [5, 5.41) is 10.6. The first-order chi connectivity index (χ1) is 17.0. The van der Waals surface area contributed by atoms with E-state index in [9.17, 15) is 14.4 Å². The van der Waals surface area contributed by atoms with Gasteiger partial charge in [-0.2, -0.15) is 0 Å². The molecule has 2 amide bonds. The second kappa shape index (κ2) is 12.5. The molecule has 0 bridgehead atoms. The van der Waals surface area contributed by atoms with Gasteiger partial charge in [-0.1, -0.05) is 0 Å². The van der Waals surface area contributed by atoms with Crippen molar-refractivity contribution in [3.63, 3.8) is 0 Å². The SMILES string of the molecule is COC(=O)CN1CCN(CC2CN(CCN3CCN(C(=N)NC(=O)OC(C)(C)C)CC3)C(=O)O2)CC1. The maximum Gasteiger partial charge on any atom is 0.414 e. The van der Waals surface area contributed by atoms with Crippen molar-refractivity contribution < 1.29 is 28.6 Å². The van der Waals surface area contributed by atoms with Crippen LogP contribution in [0.15, 0.2) is 0 Å². The van der Waals surface area contributed by atoms with E-state index in [2.05, 4.69) is 20.0 Å². The fourth-order valence-electron chi connectivity index (χ4n) is 4.45. The zero-order chi connectivity index (χ0) is 26.3. The van der Waals surface area contributed by atoms with Crippen LogP contribution in [0.1, 0.15) is 20.8 Å². The summed E-state index contributed by atoms with van der Waals surface area (Å²) in [6.45, 7) is 14.2. The monoisotopic (exact) mass is 511 g/mol. The second-order valence-corrected chi connectivity index (χ2v) is 10.4. The summed E-state index contributed by atoms with van der Waals surface area (Å²) in [6.07, 6.45) is -1.05. The number of cyclic esters (lactones) is 1. The zero-order valence-corrected chi connectivity index (χ0v) is 22.0. The van der Waals surface area contributed by atoms with Gasteiger partial charge in [0.15, 0.2) is 0 Å². The molecule has 3 rings (SSSR count). The predicted octanol–water partition coefficient (Wildman–Crippen LogP) is -0.325. The lowest BCUT2D eigenvalue weighted by Gasteiger charge is -2.36. The molecule has 0 aromatic rings. The molecule has 13 nitrogen and oxygen atoms in total. The number of alkyl carbamates (subject to hydrolysis) is 1. The third-order valence-corrected chi connectivity index (χ3v) is 6.45. The van der Waals surface area contributed by atoms with E-state index in [-0.39, 0.29) is 24.1 Å². The first-order valence-corrected chi connectivity index (χ1v) is 12.6. The number of hydrogen-bond donors (Lipinski definition) is 2. The molecule has 0 saturated carbocycles. The van der Waals surface area contributed by atoms with Gasteiger partial charge < -0.3 is 24.0 Å². The molecule has 3 fully saturated rings. The summed E-state index contributed by atoms with van der Waals surface area (Å²) < 4.78 is 15.5. The molecule has 2 N–H and O–H groups in total. The number of carbonyl (C=O) groups excluding carboxylic acids is 3. The summed E-state index contributed by atoms with van der Waals surface area (Å²) in [5.74, 6) is -0.179. The molecular weight excluding hydrogens is 470 g/mol. The minimum absolute atomic E-state index is 0.0426. The number of hydrogen-bond acceptors (Lipinski definition) is 10. The third-order valence-electron chi connectivity index (χ3n) is 6.45. The normalized spacial score (nSPS) is 22.3. The van der Waals surface area contributed by atoms with E-state index >= 15 is 0 Å². The van der Waals surface area contributed by atoms with Crippen LogP contribution >= 0.6 is 0 Å². The van der Waals surface area contributed by atoms with Gasteiger partial charge in [-0.25, -0.2) is 9.59 Å². The molecule has 0 aromatic heterocycles. The molecule has 1 atom stereocenters. The molecule has 0 spiro atoms. The zero-order valence-electron chi connectivity index (χ0n) is 22.0. The Morgan fingerprint density at radius 3 is 2.22 bits per heavy atom. The fourth-order valence-corrected chi connectivity index (χ4v) is 4.45. The van der Waals surface area contributed by atoms with Gasteiger partial charge in [-0.15, -0.1) is 0 Å². The number of esters is 1.